The Hall–Kier alpha value is -2.94. The number of aromatic nitrogens is 4. The van der Waals surface area contributed by atoms with E-state index in [0.29, 0.717) is 41.6 Å². The fourth-order valence-electron chi connectivity index (χ4n) is 3.88. The zero-order chi connectivity index (χ0) is 22.0. The van der Waals surface area contributed by atoms with Gasteiger partial charge in [0.25, 0.3) is 0 Å². The topological polar surface area (TPSA) is 105 Å². The van der Waals surface area contributed by atoms with Crippen LogP contribution >= 0.6 is 11.6 Å². The van der Waals surface area contributed by atoms with Crippen LogP contribution in [0.25, 0.3) is 11.2 Å². The smallest absolute Gasteiger partial charge is 0.326 e. The van der Waals surface area contributed by atoms with Crippen LogP contribution in [0.5, 0.6) is 0 Å². The van der Waals surface area contributed by atoms with E-state index in [1.807, 2.05) is 4.57 Å². The number of aliphatic carboxylic acids is 1. The number of carboxylic acid groups (broad SMARTS) is 1. The number of imidazole rings is 1. The van der Waals surface area contributed by atoms with Crippen LogP contribution in [0.15, 0.2) is 24.5 Å². The number of rotatable bonds is 8. The van der Waals surface area contributed by atoms with E-state index in [1.54, 1.807) is 19.3 Å². The summed E-state index contributed by atoms with van der Waals surface area (Å²) in [7, 11) is 0. The van der Waals surface area contributed by atoms with Crippen LogP contribution in [-0.2, 0) is 11.3 Å². The minimum Gasteiger partial charge on any atom is -0.480 e. The third-order valence-corrected chi connectivity index (χ3v) is 5.90. The molecule has 1 atom stereocenters. The number of hydrogen-bond acceptors (Lipinski definition) is 6. The van der Waals surface area contributed by atoms with Crippen LogP contribution in [0.1, 0.15) is 50.6 Å². The first kappa shape index (κ1) is 21.3. The van der Waals surface area contributed by atoms with Gasteiger partial charge in [0.05, 0.1) is 11.3 Å². The number of nitrogens with one attached hydrogen (secondary N) is 2. The Morgan fingerprint density at radius 1 is 1.35 bits per heavy atom. The highest BCUT2D eigenvalue weighted by Crippen LogP contribution is 2.33. The van der Waals surface area contributed by atoms with E-state index in [1.165, 1.54) is 12.1 Å². The molecule has 2 aromatic heterocycles. The third-order valence-electron chi connectivity index (χ3n) is 5.59. The molecule has 1 unspecified atom stereocenters. The van der Waals surface area contributed by atoms with Crippen molar-refractivity contribution >= 4 is 40.5 Å². The Morgan fingerprint density at radius 2 is 2.13 bits per heavy atom. The SMILES string of the molecule is CCC(Nc1nc(NCc2ccc(Cl)c(F)c2)c2ncn(C3CCCC3)c2n1)C(=O)O. The Labute approximate surface area is 183 Å². The van der Waals surface area contributed by atoms with Gasteiger partial charge in [0.1, 0.15) is 11.9 Å². The average molecular weight is 447 g/mol. The molecule has 0 bridgehead atoms. The summed E-state index contributed by atoms with van der Waals surface area (Å²) in [5.41, 5.74) is 1.93. The van der Waals surface area contributed by atoms with Gasteiger partial charge < -0.3 is 20.3 Å². The number of hydrogen-bond donors (Lipinski definition) is 3. The molecule has 1 fully saturated rings. The highest BCUT2D eigenvalue weighted by atomic mass is 35.5. The maximum Gasteiger partial charge on any atom is 0.326 e. The second-order valence-electron chi connectivity index (χ2n) is 7.70. The molecule has 164 valence electrons. The molecule has 0 radical (unpaired) electrons. The van der Waals surface area contributed by atoms with Gasteiger partial charge in [0, 0.05) is 12.6 Å². The minimum atomic E-state index is -0.971. The maximum absolute atomic E-state index is 13.8. The van der Waals surface area contributed by atoms with E-state index in [9.17, 15) is 14.3 Å². The summed E-state index contributed by atoms with van der Waals surface area (Å²) >= 11 is 5.76. The van der Waals surface area contributed by atoms with Gasteiger partial charge >= 0.3 is 5.97 Å². The van der Waals surface area contributed by atoms with Crippen molar-refractivity contribution in [2.24, 2.45) is 0 Å². The summed E-state index contributed by atoms with van der Waals surface area (Å²) in [6, 6.07) is 4.10. The van der Waals surface area contributed by atoms with Gasteiger partial charge in [-0.2, -0.15) is 9.97 Å². The van der Waals surface area contributed by atoms with Crippen LogP contribution in [0.3, 0.4) is 0 Å². The summed E-state index contributed by atoms with van der Waals surface area (Å²) in [6.07, 6.45) is 6.57. The van der Waals surface area contributed by atoms with Crippen molar-refractivity contribution in [3.05, 3.63) is 40.9 Å². The number of anilines is 2. The summed E-state index contributed by atoms with van der Waals surface area (Å²) in [6.45, 7) is 2.08. The molecule has 1 saturated carbocycles. The van der Waals surface area contributed by atoms with Gasteiger partial charge in [0.2, 0.25) is 5.95 Å². The van der Waals surface area contributed by atoms with Crippen LogP contribution in [-0.4, -0.2) is 36.6 Å². The van der Waals surface area contributed by atoms with Crippen molar-refractivity contribution < 1.29 is 14.3 Å². The predicted molar refractivity (Wildman–Crippen MR) is 117 cm³/mol. The van der Waals surface area contributed by atoms with E-state index in [0.717, 1.165) is 25.7 Å². The molecule has 1 aliphatic rings. The number of fused-ring (bicyclic) bond motifs is 1. The van der Waals surface area contributed by atoms with Crippen LogP contribution in [0.4, 0.5) is 16.2 Å². The number of halogens is 2. The summed E-state index contributed by atoms with van der Waals surface area (Å²) in [5.74, 6) is -0.790. The Morgan fingerprint density at radius 3 is 2.81 bits per heavy atom. The summed E-state index contributed by atoms with van der Waals surface area (Å²) in [5, 5.41) is 15.6. The number of benzene rings is 1. The maximum atomic E-state index is 13.8. The molecule has 1 aliphatic carbocycles. The van der Waals surface area contributed by atoms with Crippen LogP contribution in [0.2, 0.25) is 5.02 Å². The molecule has 8 nitrogen and oxygen atoms in total. The highest BCUT2D eigenvalue weighted by Gasteiger charge is 2.23. The molecule has 0 saturated heterocycles. The first-order chi connectivity index (χ1) is 15.0. The second kappa shape index (κ2) is 9.05. The first-order valence-corrected chi connectivity index (χ1v) is 10.8. The van der Waals surface area contributed by atoms with Crippen molar-refractivity contribution in [1.82, 2.24) is 19.5 Å². The molecule has 4 rings (SSSR count). The fourth-order valence-corrected chi connectivity index (χ4v) is 4.00. The quantitative estimate of drug-likeness (QED) is 0.463. The Balaban J connectivity index is 1.69. The third kappa shape index (κ3) is 4.56. The first-order valence-electron chi connectivity index (χ1n) is 10.4. The van der Waals surface area contributed by atoms with Gasteiger partial charge in [0.15, 0.2) is 17.0 Å². The fraction of sp³-hybridized carbons (Fsp3) is 0.429. The molecule has 10 heteroatoms. The molecular formula is C21H24ClFN6O2. The predicted octanol–water partition coefficient (Wildman–Crippen LogP) is 4.62. The molecule has 31 heavy (non-hydrogen) atoms. The van der Waals surface area contributed by atoms with Crippen LogP contribution in [0, 0.1) is 5.82 Å². The standard InChI is InChI=1S/C21H24ClFN6O2/c1-2-16(20(30)31)26-21-27-18(24-10-12-7-8-14(22)15(23)9-12)17-19(28-21)29(11-25-17)13-5-3-4-6-13/h7-9,11,13,16H,2-6,10H2,1H3,(H,30,31)(H2,24,26,27,28). The number of carboxylic acids is 1. The molecular weight excluding hydrogens is 423 g/mol. The lowest BCUT2D eigenvalue weighted by atomic mass is 10.2. The lowest BCUT2D eigenvalue weighted by molar-refractivity contribution is -0.138. The van der Waals surface area contributed by atoms with Crippen molar-refractivity contribution in [2.75, 3.05) is 10.6 Å². The van der Waals surface area contributed by atoms with E-state index in [-0.39, 0.29) is 11.0 Å². The summed E-state index contributed by atoms with van der Waals surface area (Å²) < 4.78 is 15.8. The van der Waals surface area contributed by atoms with Gasteiger partial charge in [-0.25, -0.2) is 14.2 Å². The zero-order valence-electron chi connectivity index (χ0n) is 17.1. The molecule has 0 aliphatic heterocycles. The van der Waals surface area contributed by atoms with Crippen LogP contribution < -0.4 is 10.6 Å². The monoisotopic (exact) mass is 446 g/mol. The molecule has 3 aromatic rings. The number of carbonyl (C=O) groups is 1. The minimum absolute atomic E-state index is 0.0641. The molecule has 1 aromatic carbocycles. The Bertz CT molecular complexity index is 1100. The summed E-state index contributed by atoms with van der Waals surface area (Å²) in [4.78, 5) is 25.1. The lowest BCUT2D eigenvalue weighted by Gasteiger charge is -2.16. The van der Waals surface area contributed by atoms with Crippen molar-refractivity contribution in [1.29, 1.82) is 0 Å². The largest absolute Gasteiger partial charge is 0.480 e. The van der Waals surface area contributed by atoms with Crippen molar-refractivity contribution in [2.45, 2.75) is 57.7 Å². The van der Waals surface area contributed by atoms with Crippen molar-refractivity contribution in [3.63, 3.8) is 0 Å². The van der Waals surface area contributed by atoms with Gasteiger partial charge in [-0.3, -0.25) is 0 Å². The highest BCUT2D eigenvalue weighted by molar-refractivity contribution is 6.30. The molecule has 3 N–H and O–H groups in total. The van der Waals surface area contributed by atoms with Gasteiger partial charge in [-0.05, 0) is 37.0 Å². The molecule has 2 heterocycles. The van der Waals surface area contributed by atoms with Gasteiger partial charge in [-0.1, -0.05) is 37.4 Å². The Kier molecular flexibility index (Phi) is 6.22. The normalized spacial score (nSPS) is 15.3. The zero-order valence-corrected chi connectivity index (χ0v) is 17.9. The van der Waals surface area contributed by atoms with E-state index in [4.69, 9.17) is 11.6 Å². The average Bonchev–Trinajstić information content (AvgIpc) is 3.42. The van der Waals surface area contributed by atoms with Crippen molar-refractivity contribution in [3.8, 4) is 0 Å². The van der Waals surface area contributed by atoms with E-state index >= 15 is 0 Å². The van der Waals surface area contributed by atoms with E-state index < -0.39 is 17.8 Å². The van der Waals surface area contributed by atoms with E-state index in [2.05, 4.69) is 25.6 Å². The van der Waals surface area contributed by atoms with Gasteiger partial charge in [-0.15, -0.1) is 0 Å². The molecule has 0 amide bonds. The lowest BCUT2D eigenvalue weighted by Crippen LogP contribution is -2.29. The number of nitrogens with zero attached hydrogens (tertiary/aromatic N) is 4. The second-order valence-corrected chi connectivity index (χ2v) is 8.11. The molecule has 0 spiro atoms.